The van der Waals surface area contributed by atoms with E-state index in [1.54, 1.807) is 45.4 Å². The molecule has 0 bridgehead atoms. The molecule has 0 aliphatic heterocycles. The van der Waals surface area contributed by atoms with E-state index in [-0.39, 0.29) is 11.6 Å². The Hall–Kier alpha value is -3.61. The summed E-state index contributed by atoms with van der Waals surface area (Å²) in [4.78, 5) is 21.5. The lowest BCUT2D eigenvalue weighted by molar-refractivity contribution is 0.102. The van der Waals surface area contributed by atoms with E-state index in [1.165, 1.54) is 0 Å². The van der Waals surface area contributed by atoms with E-state index in [9.17, 15) is 4.79 Å². The molecule has 2 aromatic carbocycles. The van der Waals surface area contributed by atoms with Crippen LogP contribution in [0.3, 0.4) is 0 Å². The molecule has 0 saturated heterocycles. The number of benzene rings is 2. The van der Waals surface area contributed by atoms with Gasteiger partial charge < -0.3 is 20.1 Å². The van der Waals surface area contributed by atoms with Gasteiger partial charge in [-0.15, -0.1) is 0 Å². The molecule has 1 aromatic heterocycles. The van der Waals surface area contributed by atoms with Gasteiger partial charge in [0.1, 0.15) is 28.8 Å². The van der Waals surface area contributed by atoms with Crippen molar-refractivity contribution in [2.45, 2.75) is 20.3 Å². The number of nitrogens with one attached hydrogen (secondary N) is 2. The second-order valence-corrected chi connectivity index (χ2v) is 6.34. The van der Waals surface area contributed by atoms with Gasteiger partial charge in [-0.1, -0.05) is 25.1 Å². The standard InChI is InChI=1S/C22H24N4O3/c1-5-15-8-6-7-9-17(15)26-22(27)19-13-21(24-14(2)23-19)25-18-12-16(28-3)10-11-20(18)29-4/h6-13H,5H2,1-4H3,(H,26,27)(H,23,24,25). The number of carbonyl (C=O) groups excluding carboxylic acids is 1. The Morgan fingerprint density at radius 2 is 1.79 bits per heavy atom. The van der Waals surface area contributed by atoms with E-state index < -0.39 is 0 Å². The van der Waals surface area contributed by atoms with E-state index in [0.717, 1.165) is 17.7 Å². The predicted octanol–water partition coefficient (Wildman–Crippen LogP) is 4.36. The molecule has 0 spiro atoms. The molecule has 0 saturated carbocycles. The number of aryl methyl sites for hydroxylation is 2. The normalized spacial score (nSPS) is 10.3. The average Bonchev–Trinajstić information content (AvgIpc) is 2.73. The summed E-state index contributed by atoms with van der Waals surface area (Å²) in [5.41, 5.74) is 2.78. The minimum Gasteiger partial charge on any atom is -0.497 e. The maximum absolute atomic E-state index is 12.8. The van der Waals surface area contributed by atoms with E-state index in [0.29, 0.717) is 28.8 Å². The van der Waals surface area contributed by atoms with Crippen molar-refractivity contribution in [3.05, 3.63) is 65.6 Å². The fraction of sp³-hybridized carbons (Fsp3) is 0.227. The second kappa shape index (κ2) is 9.05. The fourth-order valence-corrected chi connectivity index (χ4v) is 2.93. The third-order valence-corrected chi connectivity index (χ3v) is 4.39. The monoisotopic (exact) mass is 392 g/mol. The van der Waals surface area contributed by atoms with Crippen LogP contribution < -0.4 is 20.1 Å². The Bertz CT molecular complexity index is 1020. The first-order valence-corrected chi connectivity index (χ1v) is 9.28. The highest BCUT2D eigenvalue weighted by molar-refractivity contribution is 6.03. The van der Waals surface area contributed by atoms with Crippen molar-refractivity contribution in [1.29, 1.82) is 0 Å². The molecular formula is C22H24N4O3. The first kappa shape index (κ1) is 20.1. The number of methoxy groups -OCH3 is 2. The Balaban J connectivity index is 1.88. The molecule has 0 fully saturated rings. The number of anilines is 3. The SMILES string of the molecule is CCc1ccccc1NC(=O)c1cc(Nc2cc(OC)ccc2OC)nc(C)n1. The molecule has 0 atom stereocenters. The van der Waals surface area contributed by atoms with Gasteiger partial charge in [0.2, 0.25) is 0 Å². The molecule has 0 unspecified atom stereocenters. The number of hydrogen-bond donors (Lipinski definition) is 2. The van der Waals surface area contributed by atoms with Gasteiger partial charge in [0.05, 0.1) is 19.9 Å². The van der Waals surface area contributed by atoms with Crippen LogP contribution in [0, 0.1) is 6.92 Å². The van der Waals surface area contributed by atoms with Crippen molar-refractivity contribution in [2.75, 3.05) is 24.9 Å². The molecule has 1 amide bonds. The first-order valence-electron chi connectivity index (χ1n) is 9.28. The Labute approximate surface area is 170 Å². The number of ether oxygens (including phenoxy) is 2. The Morgan fingerprint density at radius 3 is 2.52 bits per heavy atom. The van der Waals surface area contributed by atoms with Gasteiger partial charge in [0.25, 0.3) is 5.91 Å². The first-order chi connectivity index (χ1) is 14.0. The Morgan fingerprint density at radius 1 is 1.00 bits per heavy atom. The molecule has 7 heteroatoms. The molecule has 1 heterocycles. The largest absolute Gasteiger partial charge is 0.497 e. The van der Waals surface area contributed by atoms with Crippen LogP contribution in [-0.2, 0) is 6.42 Å². The van der Waals surface area contributed by atoms with Crippen molar-refractivity contribution >= 4 is 23.1 Å². The van der Waals surface area contributed by atoms with E-state index >= 15 is 0 Å². The zero-order chi connectivity index (χ0) is 20.8. The number of rotatable bonds is 7. The number of aromatic nitrogens is 2. The Kier molecular flexibility index (Phi) is 6.29. The van der Waals surface area contributed by atoms with Crippen LogP contribution in [0.1, 0.15) is 28.8 Å². The summed E-state index contributed by atoms with van der Waals surface area (Å²) >= 11 is 0. The molecule has 3 aromatic rings. The minimum absolute atomic E-state index is 0.271. The minimum atomic E-state index is -0.294. The van der Waals surface area contributed by atoms with E-state index in [1.807, 2.05) is 31.2 Å². The van der Waals surface area contributed by atoms with Crippen molar-refractivity contribution in [2.24, 2.45) is 0 Å². The number of nitrogens with zero attached hydrogens (tertiary/aromatic N) is 2. The lowest BCUT2D eigenvalue weighted by Gasteiger charge is -2.13. The lowest BCUT2D eigenvalue weighted by atomic mass is 10.1. The van der Waals surface area contributed by atoms with Crippen LogP contribution in [-0.4, -0.2) is 30.1 Å². The van der Waals surface area contributed by atoms with Crippen molar-refractivity contribution < 1.29 is 14.3 Å². The zero-order valence-corrected chi connectivity index (χ0v) is 16.9. The van der Waals surface area contributed by atoms with Gasteiger partial charge in [0.15, 0.2) is 0 Å². The molecule has 0 aliphatic carbocycles. The summed E-state index contributed by atoms with van der Waals surface area (Å²) in [5.74, 6) is 1.97. The summed E-state index contributed by atoms with van der Waals surface area (Å²) in [6, 6.07) is 14.7. The zero-order valence-electron chi connectivity index (χ0n) is 16.9. The van der Waals surface area contributed by atoms with Crippen molar-refractivity contribution in [3.63, 3.8) is 0 Å². The van der Waals surface area contributed by atoms with E-state index in [4.69, 9.17) is 9.47 Å². The topological polar surface area (TPSA) is 85.4 Å². The summed E-state index contributed by atoms with van der Waals surface area (Å²) in [6.07, 6.45) is 0.821. The maximum Gasteiger partial charge on any atom is 0.274 e. The van der Waals surface area contributed by atoms with Crippen LogP contribution in [0.25, 0.3) is 0 Å². The smallest absolute Gasteiger partial charge is 0.274 e. The van der Waals surface area contributed by atoms with Crippen molar-refractivity contribution in [1.82, 2.24) is 9.97 Å². The second-order valence-electron chi connectivity index (χ2n) is 6.34. The molecule has 3 rings (SSSR count). The highest BCUT2D eigenvalue weighted by Gasteiger charge is 2.14. The van der Waals surface area contributed by atoms with Gasteiger partial charge >= 0.3 is 0 Å². The molecule has 29 heavy (non-hydrogen) atoms. The van der Waals surface area contributed by atoms with Gasteiger partial charge in [-0.25, -0.2) is 9.97 Å². The third-order valence-electron chi connectivity index (χ3n) is 4.39. The van der Waals surface area contributed by atoms with Crippen LogP contribution in [0.5, 0.6) is 11.5 Å². The molecule has 2 N–H and O–H groups in total. The number of hydrogen-bond acceptors (Lipinski definition) is 6. The fourth-order valence-electron chi connectivity index (χ4n) is 2.93. The number of para-hydroxylation sites is 1. The van der Waals surface area contributed by atoms with Gasteiger partial charge in [-0.05, 0) is 37.1 Å². The number of carbonyl (C=O) groups is 1. The molecular weight excluding hydrogens is 368 g/mol. The highest BCUT2D eigenvalue weighted by Crippen LogP contribution is 2.31. The molecule has 150 valence electrons. The molecule has 0 radical (unpaired) electrons. The number of amides is 1. The van der Waals surface area contributed by atoms with E-state index in [2.05, 4.69) is 20.6 Å². The summed E-state index contributed by atoms with van der Waals surface area (Å²) in [6.45, 7) is 3.79. The maximum atomic E-state index is 12.8. The predicted molar refractivity (Wildman–Crippen MR) is 113 cm³/mol. The summed E-state index contributed by atoms with van der Waals surface area (Å²) in [5, 5.41) is 6.12. The quantitative estimate of drug-likeness (QED) is 0.621. The van der Waals surface area contributed by atoms with Crippen LogP contribution in [0.2, 0.25) is 0 Å². The van der Waals surface area contributed by atoms with Gasteiger partial charge in [-0.2, -0.15) is 0 Å². The molecule has 0 aliphatic rings. The van der Waals surface area contributed by atoms with Crippen LogP contribution >= 0.6 is 0 Å². The molecule has 7 nitrogen and oxygen atoms in total. The highest BCUT2D eigenvalue weighted by atomic mass is 16.5. The van der Waals surface area contributed by atoms with Crippen LogP contribution in [0.15, 0.2) is 48.5 Å². The summed E-state index contributed by atoms with van der Waals surface area (Å²) in [7, 11) is 3.18. The van der Waals surface area contributed by atoms with Gasteiger partial charge in [-0.3, -0.25) is 4.79 Å². The third kappa shape index (κ3) is 4.82. The van der Waals surface area contributed by atoms with Crippen molar-refractivity contribution in [3.8, 4) is 11.5 Å². The lowest BCUT2D eigenvalue weighted by Crippen LogP contribution is -2.16. The van der Waals surface area contributed by atoms with Crippen LogP contribution in [0.4, 0.5) is 17.2 Å². The van der Waals surface area contributed by atoms with Gasteiger partial charge in [0, 0.05) is 17.8 Å². The average molecular weight is 392 g/mol. The summed E-state index contributed by atoms with van der Waals surface area (Å²) < 4.78 is 10.7.